The first-order valence-corrected chi connectivity index (χ1v) is 10.6. The maximum Gasteiger partial charge on any atom is 0.262 e. The molecule has 0 aliphatic heterocycles. The molecular formula is C21H29N3O3S. The number of aromatic nitrogens is 2. The third-order valence-electron chi connectivity index (χ3n) is 5.41. The second kappa shape index (κ2) is 9.98. The third-order valence-corrected chi connectivity index (χ3v) is 5.74. The van der Waals surface area contributed by atoms with Crippen LogP contribution in [0.4, 0.5) is 0 Å². The molecule has 1 fully saturated rings. The van der Waals surface area contributed by atoms with Crippen LogP contribution < -0.4 is 10.9 Å². The van der Waals surface area contributed by atoms with Crippen molar-refractivity contribution < 1.29 is 9.53 Å². The molecule has 1 amide bonds. The van der Waals surface area contributed by atoms with Crippen LogP contribution in [0.5, 0.6) is 0 Å². The molecule has 1 aliphatic rings. The second-order valence-corrected chi connectivity index (χ2v) is 7.90. The van der Waals surface area contributed by atoms with E-state index in [1.165, 1.54) is 32.1 Å². The lowest BCUT2D eigenvalue weighted by atomic mass is 9.96. The molecule has 0 radical (unpaired) electrons. The Morgan fingerprint density at radius 3 is 2.68 bits per heavy atom. The Labute approximate surface area is 170 Å². The summed E-state index contributed by atoms with van der Waals surface area (Å²) in [5.74, 6) is -0.0870. The Hall–Kier alpha value is -1.99. The van der Waals surface area contributed by atoms with Crippen molar-refractivity contribution in [2.75, 3.05) is 13.7 Å². The van der Waals surface area contributed by atoms with Gasteiger partial charge in [0.05, 0.1) is 10.9 Å². The Balaban J connectivity index is 1.79. The third kappa shape index (κ3) is 5.08. The van der Waals surface area contributed by atoms with E-state index >= 15 is 0 Å². The molecule has 0 spiro atoms. The molecule has 0 atom stereocenters. The number of aromatic amines is 1. The van der Waals surface area contributed by atoms with Gasteiger partial charge in [0.15, 0.2) is 4.77 Å². The summed E-state index contributed by atoms with van der Waals surface area (Å²) in [6, 6.07) is 5.39. The van der Waals surface area contributed by atoms with E-state index < -0.39 is 0 Å². The Morgan fingerprint density at radius 1 is 1.25 bits per heavy atom. The van der Waals surface area contributed by atoms with E-state index in [4.69, 9.17) is 17.0 Å². The van der Waals surface area contributed by atoms with Crippen molar-refractivity contribution in [1.29, 1.82) is 0 Å². The highest BCUT2D eigenvalue weighted by molar-refractivity contribution is 7.71. The molecule has 152 valence electrons. The van der Waals surface area contributed by atoms with Crippen molar-refractivity contribution >= 4 is 29.0 Å². The first-order valence-electron chi connectivity index (χ1n) is 10.2. The monoisotopic (exact) mass is 403 g/mol. The summed E-state index contributed by atoms with van der Waals surface area (Å²) in [5.41, 5.74) is 1.02. The fourth-order valence-electron chi connectivity index (χ4n) is 3.84. The van der Waals surface area contributed by atoms with Gasteiger partial charge in [-0.25, -0.2) is 0 Å². The van der Waals surface area contributed by atoms with Gasteiger partial charge in [0, 0.05) is 31.9 Å². The lowest BCUT2D eigenvalue weighted by Gasteiger charge is -2.21. The maximum absolute atomic E-state index is 12.7. The highest BCUT2D eigenvalue weighted by Gasteiger charge is 2.16. The number of nitrogens with zero attached hydrogens (tertiary/aromatic N) is 1. The minimum Gasteiger partial charge on any atom is -0.385 e. The summed E-state index contributed by atoms with van der Waals surface area (Å²) in [6.45, 7) is 1.07. The molecule has 1 saturated carbocycles. The molecule has 28 heavy (non-hydrogen) atoms. The standard InChI is InChI=1S/C21H29N3O3S/c1-27-13-7-12-24-20(26)17-11-10-15(14-18(17)23-21(24)28)19(25)22-16-8-5-3-2-4-6-9-16/h10-11,14,16H,2-9,12-13H2,1H3,(H,22,25)(H,23,28). The number of benzene rings is 1. The van der Waals surface area contributed by atoms with Crippen LogP contribution in [0.2, 0.25) is 0 Å². The summed E-state index contributed by atoms with van der Waals surface area (Å²) in [7, 11) is 1.63. The summed E-state index contributed by atoms with van der Waals surface area (Å²) in [5, 5.41) is 3.70. The average Bonchev–Trinajstić information content (AvgIpc) is 2.66. The minimum atomic E-state index is -0.137. The highest BCUT2D eigenvalue weighted by atomic mass is 32.1. The van der Waals surface area contributed by atoms with Crippen LogP contribution in [-0.4, -0.2) is 35.2 Å². The number of fused-ring (bicyclic) bond motifs is 1. The van der Waals surface area contributed by atoms with Crippen molar-refractivity contribution in [1.82, 2.24) is 14.9 Å². The second-order valence-electron chi connectivity index (χ2n) is 7.51. The summed E-state index contributed by atoms with van der Waals surface area (Å²) in [4.78, 5) is 28.6. The van der Waals surface area contributed by atoms with Gasteiger partial charge in [-0.15, -0.1) is 0 Å². The minimum absolute atomic E-state index is 0.0870. The van der Waals surface area contributed by atoms with Gasteiger partial charge in [-0.2, -0.15) is 0 Å². The number of rotatable bonds is 6. The lowest BCUT2D eigenvalue weighted by molar-refractivity contribution is 0.0930. The van der Waals surface area contributed by atoms with Crippen LogP contribution in [0.25, 0.3) is 10.9 Å². The largest absolute Gasteiger partial charge is 0.385 e. The number of methoxy groups -OCH3 is 1. The number of ether oxygens (including phenoxy) is 1. The number of hydrogen-bond donors (Lipinski definition) is 2. The molecular weight excluding hydrogens is 374 g/mol. The Morgan fingerprint density at radius 2 is 1.96 bits per heavy atom. The molecule has 2 aromatic rings. The number of amides is 1. The molecule has 1 heterocycles. The van der Waals surface area contributed by atoms with Crippen molar-refractivity contribution in [3.8, 4) is 0 Å². The SMILES string of the molecule is COCCCn1c(=S)[nH]c2cc(C(=O)NC3CCCCCCC3)ccc2c1=O. The van der Waals surface area contributed by atoms with Gasteiger partial charge in [-0.3, -0.25) is 14.2 Å². The summed E-state index contributed by atoms with van der Waals surface area (Å²) >= 11 is 5.35. The van der Waals surface area contributed by atoms with Gasteiger partial charge in [0.25, 0.3) is 11.5 Å². The molecule has 3 rings (SSSR count). The van der Waals surface area contributed by atoms with Crippen LogP contribution in [0.3, 0.4) is 0 Å². The van der Waals surface area contributed by atoms with Gasteiger partial charge in [0.2, 0.25) is 0 Å². The van der Waals surface area contributed by atoms with E-state index in [2.05, 4.69) is 10.3 Å². The zero-order valence-corrected chi connectivity index (χ0v) is 17.3. The molecule has 7 heteroatoms. The van der Waals surface area contributed by atoms with Crippen LogP contribution >= 0.6 is 12.2 Å². The zero-order chi connectivity index (χ0) is 19.9. The van der Waals surface area contributed by atoms with Crippen molar-refractivity contribution in [2.45, 2.75) is 64.0 Å². The molecule has 1 aromatic heterocycles. The Bertz CT molecular complexity index is 927. The smallest absolute Gasteiger partial charge is 0.262 e. The molecule has 1 aliphatic carbocycles. The van der Waals surface area contributed by atoms with Gasteiger partial charge in [-0.1, -0.05) is 32.1 Å². The van der Waals surface area contributed by atoms with Crippen LogP contribution in [-0.2, 0) is 11.3 Å². The van der Waals surface area contributed by atoms with Gasteiger partial charge < -0.3 is 15.0 Å². The maximum atomic E-state index is 12.7. The van der Waals surface area contributed by atoms with Crippen molar-refractivity contribution in [3.63, 3.8) is 0 Å². The zero-order valence-electron chi connectivity index (χ0n) is 16.5. The van der Waals surface area contributed by atoms with E-state index in [0.29, 0.717) is 40.8 Å². The first-order chi connectivity index (χ1) is 13.6. The van der Waals surface area contributed by atoms with E-state index in [9.17, 15) is 9.59 Å². The predicted molar refractivity (Wildman–Crippen MR) is 113 cm³/mol. The quantitative estimate of drug-likeness (QED) is 0.566. The number of hydrogen-bond acceptors (Lipinski definition) is 4. The molecule has 1 aromatic carbocycles. The fourth-order valence-corrected chi connectivity index (χ4v) is 4.12. The van der Waals surface area contributed by atoms with Crippen molar-refractivity contribution in [2.24, 2.45) is 0 Å². The van der Waals surface area contributed by atoms with Crippen LogP contribution in [0.1, 0.15) is 61.7 Å². The number of carbonyl (C=O) groups excluding carboxylic acids is 1. The number of H-pyrrole nitrogens is 1. The van der Waals surface area contributed by atoms with Crippen LogP contribution in [0.15, 0.2) is 23.0 Å². The van der Waals surface area contributed by atoms with Gasteiger partial charge in [0.1, 0.15) is 0 Å². The predicted octanol–water partition coefficient (Wildman–Crippen LogP) is 3.94. The van der Waals surface area contributed by atoms with E-state index in [1.54, 1.807) is 29.9 Å². The van der Waals surface area contributed by atoms with Gasteiger partial charge in [-0.05, 0) is 49.7 Å². The van der Waals surface area contributed by atoms with E-state index in [-0.39, 0.29) is 17.5 Å². The Kier molecular flexibility index (Phi) is 7.39. The topological polar surface area (TPSA) is 76.1 Å². The highest BCUT2D eigenvalue weighted by Crippen LogP contribution is 2.18. The number of carbonyl (C=O) groups is 1. The fraction of sp³-hybridized carbons (Fsp3) is 0.571. The van der Waals surface area contributed by atoms with E-state index in [0.717, 1.165) is 12.8 Å². The molecule has 6 nitrogen and oxygen atoms in total. The molecule has 0 saturated heterocycles. The van der Waals surface area contributed by atoms with Gasteiger partial charge >= 0.3 is 0 Å². The summed E-state index contributed by atoms with van der Waals surface area (Å²) in [6.07, 6.45) is 8.90. The average molecular weight is 404 g/mol. The van der Waals surface area contributed by atoms with Crippen LogP contribution in [0, 0.1) is 4.77 Å². The van der Waals surface area contributed by atoms with E-state index in [1.807, 2.05) is 0 Å². The molecule has 2 N–H and O–H groups in total. The molecule has 0 bridgehead atoms. The molecule has 0 unspecified atom stereocenters. The normalized spacial score (nSPS) is 15.9. The number of nitrogens with one attached hydrogen (secondary N) is 2. The first kappa shape index (κ1) is 20.7. The lowest BCUT2D eigenvalue weighted by Crippen LogP contribution is -2.35. The summed E-state index contributed by atoms with van der Waals surface area (Å²) < 4.78 is 6.96. The van der Waals surface area contributed by atoms with Crippen molar-refractivity contribution in [3.05, 3.63) is 38.9 Å².